The second-order valence-electron chi connectivity index (χ2n) is 5.92. The Kier molecular flexibility index (Phi) is 5.95. The number of hydrogen-bond donors (Lipinski definition) is 2. The number of rotatable bonds is 5. The molecule has 7 heteroatoms. The van der Waals surface area contributed by atoms with Crippen LogP contribution in [0.1, 0.15) is 26.3 Å². The Bertz CT molecular complexity index is 828. The van der Waals surface area contributed by atoms with E-state index >= 15 is 0 Å². The van der Waals surface area contributed by atoms with E-state index < -0.39 is 18.5 Å². The average molecular weight is 356 g/mol. The molecule has 0 spiro atoms. The summed E-state index contributed by atoms with van der Waals surface area (Å²) in [5.41, 5.74) is 1.76. The fourth-order valence-corrected chi connectivity index (χ4v) is 2.17. The summed E-state index contributed by atoms with van der Waals surface area (Å²) in [7, 11) is 3.30. The monoisotopic (exact) mass is 356 g/mol. The first-order chi connectivity index (χ1) is 12.3. The SMILES string of the molecule is Cc1ccc(C(=O)OCC(=O)Nc2ccc(C(=O)N(C)C)cc2)c(O)c1. The Morgan fingerprint density at radius 2 is 1.73 bits per heavy atom. The topological polar surface area (TPSA) is 95.9 Å². The van der Waals surface area contributed by atoms with Crippen molar-refractivity contribution in [3.05, 3.63) is 59.2 Å². The maximum atomic E-state index is 11.9. The summed E-state index contributed by atoms with van der Waals surface area (Å²) in [5.74, 6) is -1.66. The Morgan fingerprint density at radius 3 is 2.31 bits per heavy atom. The summed E-state index contributed by atoms with van der Waals surface area (Å²) in [6.45, 7) is 1.28. The average Bonchev–Trinajstić information content (AvgIpc) is 2.59. The molecule has 2 rings (SSSR count). The Balaban J connectivity index is 1.90. The van der Waals surface area contributed by atoms with E-state index in [1.165, 1.54) is 17.0 Å². The summed E-state index contributed by atoms with van der Waals surface area (Å²) >= 11 is 0. The number of carbonyl (C=O) groups excluding carboxylic acids is 3. The number of nitrogens with one attached hydrogen (secondary N) is 1. The molecule has 2 amide bonds. The molecule has 2 N–H and O–H groups in total. The number of hydrogen-bond acceptors (Lipinski definition) is 5. The van der Waals surface area contributed by atoms with Crippen LogP contribution < -0.4 is 5.32 Å². The van der Waals surface area contributed by atoms with Crippen LogP contribution in [-0.2, 0) is 9.53 Å². The molecule has 0 atom stereocenters. The number of nitrogens with zero attached hydrogens (tertiary/aromatic N) is 1. The van der Waals surface area contributed by atoms with Crippen LogP contribution in [0.4, 0.5) is 5.69 Å². The molecule has 0 aliphatic heterocycles. The fourth-order valence-electron chi connectivity index (χ4n) is 2.17. The van der Waals surface area contributed by atoms with Gasteiger partial charge in [-0.15, -0.1) is 0 Å². The van der Waals surface area contributed by atoms with Crippen molar-refractivity contribution in [2.75, 3.05) is 26.0 Å². The number of carbonyl (C=O) groups is 3. The van der Waals surface area contributed by atoms with Gasteiger partial charge in [0.2, 0.25) is 0 Å². The van der Waals surface area contributed by atoms with Gasteiger partial charge in [-0.05, 0) is 48.9 Å². The molecule has 0 saturated heterocycles. The molecule has 0 heterocycles. The van der Waals surface area contributed by atoms with Gasteiger partial charge in [0.05, 0.1) is 0 Å². The molecule has 7 nitrogen and oxygen atoms in total. The number of ether oxygens (including phenoxy) is 1. The third kappa shape index (κ3) is 4.83. The molecule has 0 radical (unpaired) electrons. The first-order valence-corrected chi connectivity index (χ1v) is 7.86. The highest BCUT2D eigenvalue weighted by Gasteiger charge is 2.15. The summed E-state index contributed by atoms with van der Waals surface area (Å²) in [6.07, 6.45) is 0. The predicted molar refractivity (Wildman–Crippen MR) is 96.2 cm³/mol. The predicted octanol–water partition coefficient (Wildman–Crippen LogP) is 2.20. The van der Waals surface area contributed by atoms with Crippen molar-refractivity contribution in [1.29, 1.82) is 0 Å². The lowest BCUT2D eigenvalue weighted by Gasteiger charge is -2.11. The van der Waals surface area contributed by atoms with Crippen molar-refractivity contribution < 1.29 is 24.2 Å². The smallest absolute Gasteiger partial charge is 0.342 e. The van der Waals surface area contributed by atoms with Crippen LogP contribution in [0.5, 0.6) is 5.75 Å². The lowest BCUT2D eigenvalue weighted by molar-refractivity contribution is -0.119. The van der Waals surface area contributed by atoms with Crippen molar-refractivity contribution in [3.63, 3.8) is 0 Å². The first-order valence-electron chi connectivity index (χ1n) is 7.86. The second-order valence-corrected chi connectivity index (χ2v) is 5.92. The number of anilines is 1. The van der Waals surface area contributed by atoms with Crippen molar-refractivity contribution in [2.45, 2.75) is 6.92 Å². The number of esters is 1. The van der Waals surface area contributed by atoms with Crippen LogP contribution in [0.15, 0.2) is 42.5 Å². The molecule has 0 fully saturated rings. The minimum absolute atomic E-state index is 0.00468. The van der Waals surface area contributed by atoms with E-state index in [2.05, 4.69) is 5.32 Å². The second kappa shape index (κ2) is 8.15. The Morgan fingerprint density at radius 1 is 1.08 bits per heavy atom. The molecule has 0 saturated carbocycles. The summed E-state index contributed by atoms with van der Waals surface area (Å²) in [6, 6.07) is 10.9. The molecule has 26 heavy (non-hydrogen) atoms. The van der Waals surface area contributed by atoms with E-state index in [-0.39, 0.29) is 17.2 Å². The highest BCUT2D eigenvalue weighted by atomic mass is 16.5. The Hall–Kier alpha value is -3.35. The largest absolute Gasteiger partial charge is 0.507 e. The van der Waals surface area contributed by atoms with Crippen LogP contribution in [0.2, 0.25) is 0 Å². The highest BCUT2D eigenvalue weighted by Crippen LogP contribution is 2.19. The minimum atomic E-state index is -0.787. The van der Waals surface area contributed by atoms with Crippen LogP contribution in [-0.4, -0.2) is 48.5 Å². The van der Waals surface area contributed by atoms with Crippen molar-refractivity contribution in [1.82, 2.24) is 4.90 Å². The summed E-state index contributed by atoms with van der Waals surface area (Å²) < 4.78 is 4.90. The van der Waals surface area contributed by atoms with Crippen LogP contribution in [0.25, 0.3) is 0 Å². The molecule has 136 valence electrons. The summed E-state index contributed by atoms with van der Waals surface area (Å²) in [5, 5.41) is 12.3. The van der Waals surface area contributed by atoms with E-state index in [4.69, 9.17) is 4.74 Å². The van der Waals surface area contributed by atoms with Gasteiger partial charge in [0.15, 0.2) is 6.61 Å². The van der Waals surface area contributed by atoms with Gasteiger partial charge < -0.3 is 20.1 Å². The Labute approximate surface area is 151 Å². The number of benzene rings is 2. The van der Waals surface area contributed by atoms with Crippen LogP contribution in [0.3, 0.4) is 0 Å². The molecule has 2 aromatic carbocycles. The van der Waals surface area contributed by atoms with E-state index in [9.17, 15) is 19.5 Å². The number of aryl methyl sites for hydroxylation is 1. The zero-order valence-electron chi connectivity index (χ0n) is 14.8. The van der Waals surface area contributed by atoms with E-state index in [1.807, 2.05) is 0 Å². The van der Waals surface area contributed by atoms with Gasteiger partial charge in [-0.1, -0.05) is 6.07 Å². The third-order valence-corrected chi connectivity index (χ3v) is 3.53. The van der Waals surface area contributed by atoms with Gasteiger partial charge in [-0.3, -0.25) is 9.59 Å². The van der Waals surface area contributed by atoms with E-state index in [1.54, 1.807) is 51.4 Å². The number of phenolic OH excluding ortho intramolecular Hbond substituents is 1. The van der Waals surface area contributed by atoms with Crippen molar-refractivity contribution in [3.8, 4) is 5.75 Å². The van der Waals surface area contributed by atoms with Gasteiger partial charge in [0.25, 0.3) is 11.8 Å². The molecular weight excluding hydrogens is 336 g/mol. The van der Waals surface area contributed by atoms with Crippen molar-refractivity contribution in [2.24, 2.45) is 0 Å². The zero-order chi connectivity index (χ0) is 19.3. The molecule has 0 bridgehead atoms. The van der Waals surface area contributed by atoms with Gasteiger partial charge >= 0.3 is 5.97 Å². The van der Waals surface area contributed by atoms with Crippen LogP contribution >= 0.6 is 0 Å². The quantitative estimate of drug-likeness (QED) is 0.801. The number of amides is 2. The highest BCUT2D eigenvalue weighted by molar-refractivity contribution is 5.97. The van der Waals surface area contributed by atoms with Gasteiger partial charge in [-0.25, -0.2) is 4.79 Å². The maximum Gasteiger partial charge on any atom is 0.342 e. The lowest BCUT2D eigenvalue weighted by Crippen LogP contribution is -2.22. The molecule has 0 aromatic heterocycles. The maximum absolute atomic E-state index is 11.9. The molecule has 2 aromatic rings. The zero-order valence-corrected chi connectivity index (χ0v) is 14.8. The molecule has 0 aliphatic carbocycles. The standard InChI is InChI=1S/C19H20N2O5/c1-12-4-9-15(16(22)10-12)19(25)26-11-17(23)20-14-7-5-13(6-8-14)18(24)21(2)3/h4-10,22H,11H2,1-3H3,(H,20,23). The molecule has 0 unspecified atom stereocenters. The van der Waals surface area contributed by atoms with E-state index in [0.29, 0.717) is 11.3 Å². The third-order valence-electron chi connectivity index (χ3n) is 3.53. The fraction of sp³-hybridized carbons (Fsp3) is 0.211. The first kappa shape index (κ1) is 19.0. The van der Waals surface area contributed by atoms with Gasteiger partial charge in [-0.2, -0.15) is 0 Å². The lowest BCUT2D eigenvalue weighted by atomic mass is 10.1. The normalized spacial score (nSPS) is 10.1. The van der Waals surface area contributed by atoms with Crippen molar-refractivity contribution >= 4 is 23.5 Å². The van der Waals surface area contributed by atoms with Gasteiger partial charge in [0.1, 0.15) is 11.3 Å². The van der Waals surface area contributed by atoms with Gasteiger partial charge in [0, 0.05) is 25.3 Å². The number of phenols is 1. The minimum Gasteiger partial charge on any atom is -0.507 e. The number of aromatic hydroxyl groups is 1. The van der Waals surface area contributed by atoms with Crippen LogP contribution in [0, 0.1) is 6.92 Å². The van der Waals surface area contributed by atoms with E-state index in [0.717, 1.165) is 5.56 Å². The summed E-state index contributed by atoms with van der Waals surface area (Å²) in [4.78, 5) is 37.1. The molecule has 0 aliphatic rings. The molecular formula is C19H20N2O5.